The second-order valence-corrected chi connectivity index (χ2v) is 5.29. The van der Waals surface area contributed by atoms with E-state index in [4.69, 9.17) is 11.5 Å². The second kappa shape index (κ2) is 5.37. The Bertz CT molecular complexity index is 577. The molecule has 1 amide bonds. The van der Waals surface area contributed by atoms with E-state index in [1.807, 2.05) is 25.1 Å². The third-order valence-electron chi connectivity index (χ3n) is 2.75. The van der Waals surface area contributed by atoms with Crippen LogP contribution in [-0.2, 0) is 0 Å². The average Bonchev–Trinajstić information content (AvgIpc) is 2.67. The van der Waals surface area contributed by atoms with Gasteiger partial charge in [0, 0.05) is 16.6 Å². The minimum absolute atomic E-state index is 0.111. The van der Waals surface area contributed by atoms with Gasteiger partial charge in [0.05, 0.1) is 5.69 Å². The smallest absolute Gasteiger partial charge is 0.263 e. The van der Waals surface area contributed by atoms with Crippen LogP contribution in [0.25, 0.3) is 10.1 Å². The van der Waals surface area contributed by atoms with E-state index >= 15 is 0 Å². The molecule has 1 heterocycles. The monoisotopic (exact) mass is 263 g/mol. The molecule has 0 unspecified atom stereocenters. The maximum atomic E-state index is 12.0. The Hall–Kier alpha value is -1.59. The Morgan fingerprint density at radius 3 is 2.94 bits per heavy atom. The van der Waals surface area contributed by atoms with Gasteiger partial charge in [0.25, 0.3) is 5.91 Å². The summed E-state index contributed by atoms with van der Waals surface area (Å²) in [5.41, 5.74) is 13.1. The second-order valence-electron chi connectivity index (χ2n) is 4.24. The molecule has 0 fully saturated rings. The lowest BCUT2D eigenvalue weighted by molar-refractivity contribution is 0.0958. The summed E-state index contributed by atoms with van der Waals surface area (Å²) in [5, 5.41) is 3.79. The minimum Gasteiger partial charge on any atom is -0.397 e. The van der Waals surface area contributed by atoms with Crippen molar-refractivity contribution in [1.29, 1.82) is 0 Å². The molecular weight excluding hydrogens is 246 g/mol. The van der Waals surface area contributed by atoms with Crippen LogP contribution in [0.2, 0.25) is 0 Å². The summed E-state index contributed by atoms with van der Waals surface area (Å²) in [6.45, 7) is 3.17. The number of carbonyl (C=O) groups excluding carboxylic acids is 1. The van der Waals surface area contributed by atoms with Crippen LogP contribution in [0.15, 0.2) is 18.2 Å². The summed E-state index contributed by atoms with van der Waals surface area (Å²) in [7, 11) is 0. The number of carbonyl (C=O) groups is 1. The molecule has 1 aromatic carbocycles. The van der Waals surface area contributed by atoms with Crippen molar-refractivity contribution in [2.75, 3.05) is 18.8 Å². The molecule has 2 rings (SSSR count). The van der Waals surface area contributed by atoms with E-state index in [1.165, 1.54) is 11.3 Å². The number of thiophene rings is 1. The van der Waals surface area contributed by atoms with Crippen LogP contribution in [0.4, 0.5) is 5.69 Å². The Morgan fingerprint density at radius 2 is 2.22 bits per heavy atom. The Morgan fingerprint density at radius 1 is 1.44 bits per heavy atom. The molecule has 0 aliphatic heterocycles. The van der Waals surface area contributed by atoms with Crippen molar-refractivity contribution < 1.29 is 4.79 Å². The number of anilines is 1. The molecule has 2 aromatic rings. The van der Waals surface area contributed by atoms with Gasteiger partial charge in [-0.25, -0.2) is 0 Å². The number of nitrogen functional groups attached to an aromatic ring is 1. The van der Waals surface area contributed by atoms with Gasteiger partial charge in [0.15, 0.2) is 0 Å². The first-order chi connectivity index (χ1) is 8.63. The fourth-order valence-corrected chi connectivity index (χ4v) is 2.80. The number of amides is 1. The lowest BCUT2D eigenvalue weighted by atomic mass is 10.1. The van der Waals surface area contributed by atoms with Gasteiger partial charge in [-0.2, -0.15) is 0 Å². The zero-order chi connectivity index (χ0) is 13.1. The van der Waals surface area contributed by atoms with Crippen LogP contribution >= 0.6 is 11.3 Å². The molecule has 0 aliphatic rings. The molecule has 0 spiro atoms. The summed E-state index contributed by atoms with van der Waals surface area (Å²) in [6, 6.07) is 6.04. The van der Waals surface area contributed by atoms with E-state index in [1.54, 1.807) is 0 Å². The summed E-state index contributed by atoms with van der Waals surface area (Å²) < 4.78 is 1.04. The first kappa shape index (κ1) is 12.9. The van der Waals surface area contributed by atoms with E-state index in [0.717, 1.165) is 22.1 Å². The zero-order valence-electron chi connectivity index (χ0n) is 10.3. The van der Waals surface area contributed by atoms with Gasteiger partial charge in [-0.15, -0.1) is 11.3 Å². The number of benzene rings is 1. The van der Waals surface area contributed by atoms with Crippen molar-refractivity contribution >= 4 is 33.0 Å². The summed E-state index contributed by atoms with van der Waals surface area (Å²) in [5.74, 6) is -0.111. The molecular formula is C13H17N3OS. The maximum Gasteiger partial charge on any atom is 0.263 e. The predicted molar refractivity (Wildman–Crippen MR) is 77.0 cm³/mol. The van der Waals surface area contributed by atoms with Gasteiger partial charge in [0.1, 0.15) is 4.88 Å². The Labute approximate surface area is 110 Å². The highest BCUT2D eigenvalue weighted by atomic mass is 32.1. The molecule has 0 bridgehead atoms. The topological polar surface area (TPSA) is 81.1 Å². The lowest BCUT2D eigenvalue weighted by Crippen LogP contribution is -2.25. The van der Waals surface area contributed by atoms with Crippen LogP contribution in [0.1, 0.15) is 21.7 Å². The van der Waals surface area contributed by atoms with Gasteiger partial charge < -0.3 is 16.8 Å². The van der Waals surface area contributed by atoms with Crippen LogP contribution in [0.3, 0.4) is 0 Å². The Kier molecular flexibility index (Phi) is 3.84. The van der Waals surface area contributed by atoms with Crippen molar-refractivity contribution in [3.05, 3.63) is 28.6 Å². The number of hydrogen-bond donors (Lipinski definition) is 3. The molecule has 5 heteroatoms. The van der Waals surface area contributed by atoms with Crippen LogP contribution in [-0.4, -0.2) is 19.0 Å². The molecule has 5 N–H and O–H groups in total. The van der Waals surface area contributed by atoms with Gasteiger partial charge in [0.2, 0.25) is 0 Å². The highest BCUT2D eigenvalue weighted by Gasteiger charge is 2.15. The first-order valence-corrected chi connectivity index (χ1v) is 6.72. The third kappa shape index (κ3) is 2.47. The lowest BCUT2D eigenvalue weighted by Gasteiger charge is -2.02. The van der Waals surface area contributed by atoms with Crippen LogP contribution in [0, 0.1) is 6.92 Å². The van der Waals surface area contributed by atoms with Gasteiger partial charge in [-0.1, -0.05) is 11.6 Å². The van der Waals surface area contributed by atoms with Crippen molar-refractivity contribution in [3.8, 4) is 0 Å². The van der Waals surface area contributed by atoms with Gasteiger partial charge in [-0.05, 0) is 32.0 Å². The number of rotatable bonds is 4. The van der Waals surface area contributed by atoms with Crippen molar-refractivity contribution in [2.45, 2.75) is 13.3 Å². The van der Waals surface area contributed by atoms with Crippen LogP contribution in [0.5, 0.6) is 0 Å². The number of fused-ring (bicyclic) bond motifs is 1. The normalized spacial score (nSPS) is 10.8. The number of aryl methyl sites for hydroxylation is 1. The summed E-state index contributed by atoms with van der Waals surface area (Å²) in [6.07, 6.45) is 0.773. The van der Waals surface area contributed by atoms with Crippen LogP contribution < -0.4 is 16.8 Å². The van der Waals surface area contributed by atoms with Gasteiger partial charge in [-0.3, -0.25) is 4.79 Å². The number of nitrogens with two attached hydrogens (primary N) is 2. The standard InChI is InChI=1S/C13H17N3OS/c1-8-3-4-10-9(7-8)11(15)12(18-10)13(17)16-6-2-5-14/h3-4,7H,2,5-6,14-15H2,1H3,(H,16,17). The molecule has 96 valence electrons. The third-order valence-corrected chi connectivity index (χ3v) is 3.94. The highest BCUT2D eigenvalue weighted by molar-refractivity contribution is 7.21. The number of hydrogen-bond acceptors (Lipinski definition) is 4. The molecule has 0 radical (unpaired) electrons. The number of nitrogens with one attached hydrogen (secondary N) is 1. The van der Waals surface area contributed by atoms with E-state index in [0.29, 0.717) is 23.7 Å². The molecule has 0 atom stereocenters. The summed E-state index contributed by atoms with van der Waals surface area (Å²) in [4.78, 5) is 12.6. The van der Waals surface area contributed by atoms with E-state index in [9.17, 15) is 4.79 Å². The van der Waals surface area contributed by atoms with Crippen molar-refractivity contribution in [2.24, 2.45) is 5.73 Å². The van der Waals surface area contributed by atoms with Crippen molar-refractivity contribution in [1.82, 2.24) is 5.32 Å². The van der Waals surface area contributed by atoms with E-state index in [-0.39, 0.29) is 5.91 Å². The molecule has 0 saturated carbocycles. The van der Waals surface area contributed by atoms with E-state index in [2.05, 4.69) is 5.32 Å². The predicted octanol–water partition coefficient (Wildman–Crippen LogP) is 1.87. The quantitative estimate of drug-likeness (QED) is 0.737. The fourth-order valence-electron chi connectivity index (χ4n) is 1.78. The Balaban J connectivity index is 2.28. The maximum absolute atomic E-state index is 12.0. The molecule has 0 saturated heterocycles. The zero-order valence-corrected chi connectivity index (χ0v) is 11.1. The van der Waals surface area contributed by atoms with Gasteiger partial charge >= 0.3 is 0 Å². The molecule has 1 aromatic heterocycles. The fraction of sp³-hybridized carbons (Fsp3) is 0.308. The molecule has 18 heavy (non-hydrogen) atoms. The highest BCUT2D eigenvalue weighted by Crippen LogP contribution is 2.34. The molecule has 4 nitrogen and oxygen atoms in total. The SMILES string of the molecule is Cc1ccc2sc(C(=O)NCCCN)c(N)c2c1. The van der Waals surface area contributed by atoms with E-state index < -0.39 is 0 Å². The van der Waals surface area contributed by atoms with Crippen molar-refractivity contribution in [3.63, 3.8) is 0 Å². The largest absolute Gasteiger partial charge is 0.397 e. The summed E-state index contributed by atoms with van der Waals surface area (Å²) >= 11 is 1.43. The first-order valence-electron chi connectivity index (χ1n) is 5.90. The molecule has 0 aliphatic carbocycles. The average molecular weight is 263 g/mol. The minimum atomic E-state index is -0.111.